The monoisotopic (exact) mass is 252 g/mol. The van der Waals surface area contributed by atoms with Crippen LogP contribution in [0.3, 0.4) is 0 Å². The van der Waals surface area contributed by atoms with Crippen LogP contribution in [0.5, 0.6) is 0 Å². The number of hydrogen-bond donors (Lipinski definition) is 1. The first-order chi connectivity index (χ1) is 8.49. The number of carbonyl (C=O) groups excluding carboxylic acids is 1. The van der Waals surface area contributed by atoms with Crippen LogP contribution in [0.25, 0.3) is 0 Å². The van der Waals surface area contributed by atoms with E-state index in [1.807, 2.05) is 13.8 Å². The molecule has 0 heterocycles. The van der Waals surface area contributed by atoms with Crippen LogP contribution in [0.4, 0.5) is 0 Å². The molecular formula is C15H24O3. The molecule has 0 aromatic heterocycles. The zero-order chi connectivity index (χ0) is 12.9. The van der Waals surface area contributed by atoms with Crippen molar-refractivity contribution < 1.29 is 14.6 Å². The Morgan fingerprint density at radius 2 is 2.06 bits per heavy atom. The summed E-state index contributed by atoms with van der Waals surface area (Å²) in [5, 5.41) is 10.3. The van der Waals surface area contributed by atoms with Crippen LogP contribution in [0, 0.1) is 23.7 Å². The highest BCUT2D eigenvalue weighted by Gasteiger charge is 2.54. The quantitative estimate of drug-likeness (QED) is 0.768. The van der Waals surface area contributed by atoms with Gasteiger partial charge in [-0.25, -0.2) is 0 Å². The van der Waals surface area contributed by atoms with Gasteiger partial charge in [0.15, 0.2) is 0 Å². The summed E-state index contributed by atoms with van der Waals surface area (Å²) >= 11 is 0. The number of carbonyl (C=O) groups is 1. The van der Waals surface area contributed by atoms with E-state index in [9.17, 15) is 9.90 Å². The van der Waals surface area contributed by atoms with Crippen molar-refractivity contribution in [1.29, 1.82) is 0 Å². The van der Waals surface area contributed by atoms with Crippen molar-refractivity contribution in [2.75, 3.05) is 0 Å². The van der Waals surface area contributed by atoms with E-state index in [2.05, 4.69) is 0 Å². The fraction of sp³-hybridized carbons (Fsp3) is 0.933. The predicted molar refractivity (Wildman–Crippen MR) is 67.8 cm³/mol. The second kappa shape index (κ2) is 4.22. The van der Waals surface area contributed by atoms with E-state index in [1.54, 1.807) is 0 Å². The van der Waals surface area contributed by atoms with Gasteiger partial charge in [0.1, 0.15) is 5.60 Å². The van der Waals surface area contributed by atoms with E-state index >= 15 is 0 Å². The van der Waals surface area contributed by atoms with Crippen LogP contribution in [0.2, 0.25) is 0 Å². The summed E-state index contributed by atoms with van der Waals surface area (Å²) in [6.07, 6.45) is 6.00. The summed E-state index contributed by atoms with van der Waals surface area (Å²) in [6, 6.07) is 0. The molecule has 3 aliphatic carbocycles. The first kappa shape index (κ1) is 12.5. The maximum absolute atomic E-state index is 11.9. The summed E-state index contributed by atoms with van der Waals surface area (Å²) < 4.78 is 5.84. The van der Waals surface area contributed by atoms with E-state index in [0.717, 1.165) is 12.8 Å². The second-order valence-electron chi connectivity index (χ2n) is 7.04. The van der Waals surface area contributed by atoms with Crippen molar-refractivity contribution in [3.8, 4) is 0 Å². The molecule has 3 heteroatoms. The van der Waals surface area contributed by atoms with Crippen molar-refractivity contribution in [2.45, 2.75) is 64.1 Å². The minimum atomic E-state index is -0.342. The fourth-order valence-electron chi connectivity index (χ4n) is 4.55. The lowest BCUT2D eigenvalue weighted by Gasteiger charge is -2.55. The molecule has 0 aromatic rings. The summed E-state index contributed by atoms with van der Waals surface area (Å²) in [4.78, 5) is 11.9. The van der Waals surface area contributed by atoms with Gasteiger partial charge in [-0.1, -0.05) is 13.8 Å². The van der Waals surface area contributed by atoms with E-state index in [4.69, 9.17) is 4.74 Å². The van der Waals surface area contributed by atoms with Gasteiger partial charge in [0.05, 0.1) is 12.0 Å². The molecule has 5 atom stereocenters. The zero-order valence-electron chi connectivity index (χ0n) is 11.4. The SMILES string of the molecule is CC(C)C(=O)OC12CC3CCC(C(O)C1)C(C3)C2. The Hall–Kier alpha value is -0.570. The first-order valence-electron chi connectivity index (χ1n) is 7.40. The van der Waals surface area contributed by atoms with Gasteiger partial charge < -0.3 is 9.84 Å². The van der Waals surface area contributed by atoms with E-state index in [-0.39, 0.29) is 23.6 Å². The maximum Gasteiger partial charge on any atom is 0.308 e. The molecule has 18 heavy (non-hydrogen) atoms. The molecule has 3 aliphatic rings. The van der Waals surface area contributed by atoms with Crippen LogP contribution in [-0.4, -0.2) is 22.8 Å². The van der Waals surface area contributed by atoms with Gasteiger partial charge in [-0.2, -0.15) is 0 Å². The Bertz CT molecular complexity index is 342. The zero-order valence-corrected chi connectivity index (χ0v) is 11.4. The van der Waals surface area contributed by atoms with E-state index in [1.165, 1.54) is 19.3 Å². The number of fused-ring (bicyclic) bond motifs is 2. The third-order valence-electron chi connectivity index (χ3n) is 5.31. The number of aliphatic hydroxyl groups excluding tert-OH is 1. The third-order valence-corrected chi connectivity index (χ3v) is 5.31. The normalized spacial score (nSPS) is 46.2. The highest BCUT2D eigenvalue weighted by molar-refractivity contribution is 5.72. The molecule has 5 unspecified atom stereocenters. The van der Waals surface area contributed by atoms with Gasteiger partial charge in [-0.3, -0.25) is 4.79 Å². The van der Waals surface area contributed by atoms with Crippen molar-refractivity contribution in [3.63, 3.8) is 0 Å². The minimum Gasteiger partial charge on any atom is -0.459 e. The molecular weight excluding hydrogens is 228 g/mol. The summed E-state index contributed by atoms with van der Waals surface area (Å²) in [7, 11) is 0. The lowest BCUT2D eigenvalue weighted by molar-refractivity contribution is -0.198. The number of ether oxygens (including phenoxy) is 1. The smallest absolute Gasteiger partial charge is 0.308 e. The molecule has 3 fully saturated rings. The van der Waals surface area contributed by atoms with Crippen molar-refractivity contribution in [1.82, 2.24) is 0 Å². The van der Waals surface area contributed by atoms with Gasteiger partial charge in [0, 0.05) is 6.42 Å². The fourth-order valence-corrected chi connectivity index (χ4v) is 4.55. The molecule has 0 saturated heterocycles. The van der Waals surface area contributed by atoms with Crippen LogP contribution in [-0.2, 0) is 9.53 Å². The summed E-state index contributed by atoms with van der Waals surface area (Å²) in [5.74, 6) is 1.60. The second-order valence-corrected chi connectivity index (χ2v) is 7.04. The average molecular weight is 252 g/mol. The van der Waals surface area contributed by atoms with Crippen LogP contribution < -0.4 is 0 Å². The standard InChI is InChI=1S/C15H24O3/c1-9(2)14(17)18-15-6-10-3-4-12(13(16)8-15)11(5-10)7-15/h9-13,16H,3-8H2,1-2H3. The molecule has 3 saturated carbocycles. The highest BCUT2D eigenvalue weighted by atomic mass is 16.6. The molecule has 3 rings (SSSR count). The Morgan fingerprint density at radius 1 is 1.28 bits per heavy atom. The molecule has 0 spiro atoms. The number of rotatable bonds is 2. The number of hydrogen-bond acceptors (Lipinski definition) is 3. The Labute approximate surface area is 109 Å². The molecule has 0 aliphatic heterocycles. The highest BCUT2D eigenvalue weighted by Crippen LogP contribution is 2.55. The average Bonchev–Trinajstić information content (AvgIpc) is 2.26. The van der Waals surface area contributed by atoms with Crippen LogP contribution in [0.15, 0.2) is 0 Å². The summed E-state index contributed by atoms with van der Waals surface area (Å²) in [6.45, 7) is 3.76. The lowest BCUT2D eigenvalue weighted by Crippen LogP contribution is -2.56. The van der Waals surface area contributed by atoms with Gasteiger partial charge in [-0.15, -0.1) is 0 Å². The maximum atomic E-state index is 11.9. The third kappa shape index (κ3) is 1.97. The van der Waals surface area contributed by atoms with Gasteiger partial charge >= 0.3 is 5.97 Å². The molecule has 3 bridgehead atoms. The Morgan fingerprint density at radius 3 is 2.78 bits per heavy atom. The minimum absolute atomic E-state index is 0.0731. The van der Waals surface area contributed by atoms with Crippen molar-refractivity contribution in [2.24, 2.45) is 23.7 Å². The number of aliphatic hydroxyl groups is 1. The van der Waals surface area contributed by atoms with E-state index < -0.39 is 0 Å². The van der Waals surface area contributed by atoms with Crippen molar-refractivity contribution in [3.05, 3.63) is 0 Å². The Balaban J connectivity index is 1.81. The van der Waals surface area contributed by atoms with E-state index in [0.29, 0.717) is 24.2 Å². The summed E-state index contributed by atoms with van der Waals surface area (Å²) in [5.41, 5.74) is -0.342. The molecule has 0 amide bonds. The molecule has 3 nitrogen and oxygen atoms in total. The predicted octanol–water partition coefficient (Wildman–Crippen LogP) is 2.52. The largest absolute Gasteiger partial charge is 0.459 e. The molecule has 0 radical (unpaired) electrons. The molecule has 102 valence electrons. The lowest BCUT2D eigenvalue weighted by atomic mass is 9.55. The van der Waals surface area contributed by atoms with Gasteiger partial charge in [0.25, 0.3) is 0 Å². The topological polar surface area (TPSA) is 46.5 Å². The molecule has 0 aromatic carbocycles. The first-order valence-corrected chi connectivity index (χ1v) is 7.40. The van der Waals surface area contributed by atoms with Crippen LogP contribution >= 0.6 is 0 Å². The Kier molecular flexibility index (Phi) is 2.92. The number of esters is 1. The van der Waals surface area contributed by atoms with Crippen LogP contribution in [0.1, 0.15) is 52.4 Å². The van der Waals surface area contributed by atoms with Gasteiger partial charge in [0.2, 0.25) is 0 Å². The van der Waals surface area contributed by atoms with Crippen molar-refractivity contribution >= 4 is 5.97 Å². The molecule has 1 N–H and O–H groups in total. The van der Waals surface area contributed by atoms with Gasteiger partial charge in [-0.05, 0) is 49.9 Å².